The van der Waals surface area contributed by atoms with Crippen LogP contribution in [0.5, 0.6) is 0 Å². The van der Waals surface area contributed by atoms with Gasteiger partial charge in [-0.1, -0.05) is 13.8 Å². The van der Waals surface area contributed by atoms with Gasteiger partial charge < -0.3 is 5.32 Å². The molecule has 26 heavy (non-hydrogen) atoms. The molecule has 0 saturated heterocycles. The van der Waals surface area contributed by atoms with Crippen LogP contribution in [0, 0.1) is 23.5 Å². The molecule has 1 atom stereocenters. The molecule has 1 aromatic carbocycles. The van der Waals surface area contributed by atoms with Crippen molar-refractivity contribution in [2.75, 3.05) is 0 Å². The molecule has 0 unspecified atom stereocenters. The van der Waals surface area contributed by atoms with E-state index in [0.717, 1.165) is 25.0 Å². The summed E-state index contributed by atoms with van der Waals surface area (Å²) in [5.74, 6) is -1.72. The number of hydrogen-bond acceptors (Lipinski definition) is 3. The van der Waals surface area contributed by atoms with Gasteiger partial charge in [0, 0.05) is 17.5 Å². The lowest BCUT2D eigenvalue weighted by atomic mass is 10.0. The minimum Gasteiger partial charge on any atom is -0.351 e. The monoisotopic (exact) mass is 361 g/mol. The van der Waals surface area contributed by atoms with Crippen molar-refractivity contribution in [2.45, 2.75) is 39.3 Å². The second-order valence-corrected chi connectivity index (χ2v) is 7.00. The zero-order chi connectivity index (χ0) is 18.8. The van der Waals surface area contributed by atoms with E-state index in [0.29, 0.717) is 11.3 Å². The van der Waals surface area contributed by atoms with E-state index in [2.05, 4.69) is 10.4 Å². The highest BCUT2D eigenvalue weighted by molar-refractivity contribution is 5.81. The van der Waals surface area contributed by atoms with Crippen molar-refractivity contribution in [1.29, 1.82) is 0 Å². The molecule has 0 bridgehead atoms. The van der Waals surface area contributed by atoms with Crippen molar-refractivity contribution in [3.05, 3.63) is 52.3 Å². The first-order valence-electron chi connectivity index (χ1n) is 8.69. The summed E-state index contributed by atoms with van der Waals surface area (Å²) < 4.78 is 27.8. The highest BCUT2D eigenvalue weighted by Gasteiger charge is 2.31. The molecule has 0 aliphatic heterocycles. The number of hydrogen-bond donors (Lipinski definition) is 1. The van der Waals surface area contributed by atoms with Gasteiger partial charge in [0.1, 0.15) is 0 Å². The quantitative estimate of drug-likeness (QED) is 0.860. The Morgan fingerprint density at radius 2 is 1.96 bits per heavy atom. The van der Waals surface area contributed by atoms with Gasteiger partial charge in [0.05, 0.1) is 18.3 Å². The third-order valence-electron chi connectivity index (χ3n) is 4.53. The van der Waals surface area contributed by atoms with Crippen LogP contribution in [0.15, 0.2) is 35.1 Å². The molecule has 0 radical (unpaired) electrons. The first-order valence-corrected chi connectivity index (χ1v) is 8.69. The van der Waals surface area contributed by atoms with E-state index in [9.17, 15) is 18.4 Å². The number of nitrogens with zero attached hydrogens (tertiary/aromatic N) is 2. The lowest BCUT2D eigenvalue weighted by Crippen LogP contribution is -2.44. The minimum atomic E-state index is -0.973. The van der Waals surface area contributed by atoms with Crippen molar-refractivity contribution in [3.63, 3.8) is 0 Å². The lowest BCUT2D eigenvalue weighted by Gasteiger charge is -2.23. The molecule has 1 heterocycles. The van der Waals surface area contributed by atoms with E-state index < -0.39 is 11.6 Å². The summed E-state index contributed by atoms with van der Waals surface area (Å²) in [5, 5.41) is 7.25. The first-order chi connectivity index (χ1) is 12.3. The fraction of sp³-hybridized carbons (Fsp3) is 0.421. The molecule has 1 aromatic heterocycles. The van der Waals surface area contributed by atoms with Crippen molar-refractivity contribution in [1.82, 2.24) is 15.1 Å². The Kier molecular flexibility index (Phi) is 5.15. The van der Waals surface area contributed by atoms with Crippen molar-refractivity contribution >= 4 is 5.91 Å². The minimum absolute atomic E-state index is 0.00788. The highest BCUT2D eigenvalue weighted by Crippen LogP contribution is 2.29. The van der Waals surface area contributed by atoms with Gasteiger partial charge in [0.25, 0.3) is 5.56 Å². The van der Waals surface area contributed by atoms with Crippen LogP contribution >= 0.6 is 0 Å². The second-order valence-electron chi connectivity index (χ2n) is 7.00. The standard InChI is InChI=1S/C19H21F2N3O2/c1-11(2)17(22-19(26)12-3-4-12)10-24-18(25)8-7-16(23-24)13-5-6-14(20)15(21)9-13/h5-9,11-12,17H,3-4,10H2,1-2H3,(H,22,26)/t17-/m0/s1. The molecule has 3 rings (SSSR count). The Labute approximate surface area is 150 Å². The van der Waals surface area contributed by atoms with Crippen LogP contribution in [0.4, 0.5) is 8.78 Å². The predicted molar refractivity (Wildman–Crippen MR) is 93.3 cm³/mol. The maximum atomic E-state index is 13.5. The highest BCUT2D eigenvalue weighted by atomic mass is 19.2. The zero-order valence-electron chi connectivity index (χ0n) is 14.7. The van der Waals surface area contributed by atoms with Crippen LogP contribution in [-0.4, -0.2) is 21.7 Å². The van der Waals surface area contributed by atoms with Crippen molar-refractivity contribution < 1.29 is 13.6 Å². The smallest absolute Gasteiger partial charge is 0.266 e. The van der Waals surface area contributed by atoms with Gasteiger partial charge >= 0.3 is 0 Å². The van der Waals surface area contributed by atoms with Crippen LogP contribution in [0.1, 0.15) is 26.7 Å². The number of benzene rings is 1. The molecule has 1 aliphatic carbocycles. The van der Waals surface area contributed by atoms with E-state index in [-0.39, 0.29) is 35.9 Å². The largest absolute Gasteiger partial charge is 0.351 e. The third kappa shape index (κ3) is 4.15. The maximum Gasteiger partial charge on any atom is 0.266 e. The van der Waals surface area contributed by atoms with Crippen LogP contribution in [0.3, 0.4) is 0 Å². The van der Waals surface area contributed by atoms with E-state index >= 15 is 0 Å². The van der Waals surface area contributed by atoms with Gasteiger partial charge in [-0.25, -0.2) is 13.5 Å². The Hall–Kier alpha value is -2.57. The predicted octanol–water partition coefficient (Wildman–Crippen LogP) is 2.74. The van der Waals surface area contributed by atoms with E-state index in [1.54, 1.807) is 0 Å². The average Bonchev–Trinajstić information content (AvgIpc) is 3.43. The molecule has 1 amide bonds. The Morgan fingerprint density at radius 1 is 1.23 bits per heavy atom. The number of carbonyl (C=O) groups excluding carboxylic acids is 1. The summed E-state index contributed by atoms with van der Waals surface area (Å²) in [4.78, 5) is 24.2. The van der Waals surface area contributed by atoms with Crippen molar-refractivity contribution in [2.24, 2.45) is 11.8 Å². The van der Waals surface area contributed by atoms with Gasteiger partial charge in [0.2, 0.25) is 5.91 Å². The molecular formula is C19H21F2N3O2. The van der Waals surface area contributed by atoms with Gasteiger partial charge in [-0.05, 0) is 43.0 Å². The summed E-state index contributed by atoms with van der Waals surface area (Å²) in [5.41, 5.74) is 0.419. The summed E-state index contributed by atoms with van der Waals surface area (Å²) in [6.07, 6.45) is 1.81. The summed E-state index contributed by atoms with van der Waals surface area (Å²) >= 11 is 0. The first kappa shape index (κ1) is 18.2. The summed E-state index contributed by atoms with van der Waals surface area (Å²) in [6, 6.07) is 6.04. The fourth-order valence-corrected chi connectivity index (χ4v) is 2.64. The second kappa shape index (κ2) is 7.35. The van der Waals surface area contributed by atoms with E-state index in [1.165, 1.54) is 22.9 Å². The maximum absolute atomic E-state index is 13.5. The number of amides is 1. The molecule has 1 saturated carbocycles. The molecule has 138 valence electrons. The normalized spacial score (nSPS) is 15.1. The van der Waals surface area contributed by atoms with E-state index in [4.69, 9.17) is 0 Å². The Balaban J connectivity index is 1.85. The lowest BCUT2D eigenvalue weighted by molar-refractivity contribution is -0.123. The van der Waals surface area contributed by atoms with Crippen molar-refractivity contribution in [3.8, 4) is 11.3 Å². The van der Waals surface area contributed by atoms with Gasteiger partial charge in [0.15, 0.2) is 11.6 Å². The molecular weight excluding hydrogens is 340 g/mol. The molecule has 1 aliphatic rings. The average molecular weight is 361 g/mol. The Morgan fingerprint density at radius 3 is 2.58 bits per heavy atom. The third-order valence-corrected chi connectivity index (χ3v) is 4.53. The summed E-state index contributed by atoms with van der Waals surface area (Å²) in [7, 11) is 0. The topological polar surface area (TPSA) is 64.0 Å². The van der Waals surface area contributed by atoms with Gasteiger partial charge in [-0.2, -0.15) is 5.10 Å². The fourth-order valence-electron chi connectivity index (χ4n) is 2.64. The number of halogens is 2. The SMILES string of the molecule is CC(C)[C@H](Cn1nc(-c2ccc(F)c(F)c2)ccc1=O)NC(=O)C1CC1. The van der Waals surface area contributed by atoms with Crippen LogP contribution in [-0.2, 0) is 11.3 Å². The molecule has 2 aromatic rings. The molecule has 7 heteroatoms. The van der Waals surface area contributed by atoms with Gasteiger partial charge in [-0.3, -0.25) is 9.59 Å². The van der Waals surface area contributed by atoms with Crippen LogP contribution < -0.4 is 10.9 Å². The van der Waals surface area contributed by atoms with Gasteiger partial charge in [-0.15, -0.1) is 0 Å². The van der Waals surface area contributed by atoms with E-state index in [1.807, 2.05) is 13.8 Å². The molecule has 0 spiro atoms. The van der Waals surface area contributed by atoms with Crippen LogP contribution in [0.2, 0.25) is 0 Å². The van der Waals surface area contributed by atoms with Crippen LogP contribution in [0.25, 0.3) is 11.3 Å². The Bertz CT molecular complexity index is 875. The summed E-state index contributed by atoms with van der Waals surface area (Å²) in [6.45, 7) is 4.14. The number of carbonyl (C=O) groups is 1. The molecule has 1 N–H and O–H groups in total. The number of rotatable bonds is 6. The number of nitrogens with one attached hydrogen (secondary N) is 1. The zero-order valence-corrected chi connectivity index (χ0v) is 14.7. The number of aromatic nitrogens is 2. The molecule has 1 fully saturated rings. The molecule has 5 nitrogen and oxygen atoms in total.